The Hall–Kier alpha value is -5.52. The summed E-state index contributed by atoms with van der Waals surface area (Å²) >= 11 is 0. The summed E-state index contributed by atoms with van der Waals surface area (Å²) in [6.07, 6.45) is 0. The van der Waals surface area contributed by atoms with Crippen LogP contribution in [0, 0.1) is 0 Å². The molecule has 8 heteroatoms. The van der Waals surface area contributed by atoms with Gasteiger partial charge in [0.15, 0.2) is 23.0 Å². The first-order valence-electron chi connectivity index (χ1n) is 15.9. The van der Waals surface area contributed by atoms with Crippen LogP contribution < -0.4 is 34.9 Å². The van der Waals surface area contributed by atoms with E-state index in [4.69, 9.17) is 28.7 Å². The highest BCUT2D eigenvalue weighted by atomic mass is 31.2. The van der Waals surface area contributed by atoms with Gasteiger partial charge >= 0.3 is 5.97 Å². The third-order valence-corrected chi connectivity index (χ3v) is 12.4. The maximum absolute atomic E-state index is 14.4. The lowest BCUT2D eigenvalue weighted by Gasteiger charge is -2.29. The van der Waals surface area contributed by atoms with Gasteiger partial charge in [-0.05, 0) is 59.3 Å². The number of fused-ring (bicyclic) bond motifs is 1. The zero-order valence-corrected chi connectivity index (χ0v) is 29.1. The molecule has 6 aromatic rings. The Morgan fingerprint density at radius 3 is 1.61 bits per heavy atom. The zero-order valence-electron chi connectivity index (χ0n) is 28.2. The second kappa shape index (κ2) is 14.7. The molecular weight excluding hydrogens is 633 g/mol. The first kappa shape index (κ1) is 33.4. The molecular formula is C41H38NO6P. The third kappa shape index (κ3) is 6.26. The van der Waals surface area contributed by atoms with Crippen LogP contribution in [0.15, 0.2) is 121 Å². The molecule has 0 amide bonds. The molecule has 0 spiro atoms. The van der Waals surface area contributed by atoms with Gasteiger partial charge in [0.05, 0.1) is 51.8 Å². The predicted octanol–water partition coefficient (Wildman–Crippen LogP) is 7.26. The second-order valence-corrected chi connectivity index (χ2v) is 14.4. The summed E-state index contributed by atoms with van der Waals surface area (Å²) in [5, 5.41) is 4.03. The summed E-state index contributed by atoms with van der Waals surface area (Å²) in [5.41, 5.74) is 2.80. The summed E-state index contributed by atoms with van der Waals surface area (Å²) < 4.78 is 28.6. The summed E-state index contributed by atoms with van der Waals surface area (Å²) in [4.78, 5) is 19.6. The van der Waals surface area contributed by atoms with Gasteiger partial charge in [-0.3, -0.25) is 0 Å². The molecule has 0 saturated heterocycles. The lowest BCUT2D eigenvalue weighted by atomic mass is 9.93. The maximum atomic E-state index is 14.4. The molecule has 0 N–H and O–H groups in total. The number of nitrogens with zero attached hydrogens (tertiary/aromatic N) is 1. The van der Waals surface area contributed by atoms with Crippen LogP contribution in [-0.4, -0.2) is 51.8 Å². The number of aromatic nitrogens is 1. The standard InChI is InChI=1S/C41H38NO6P/c1-6-48-41(43)40-34(27-49(29-16-10-7-11-17-29,30-18-12-8-13-19-30)31-20-14-9-15-21-31)42-33-26-38(47-5)37(46-4)25-32(33)39(40)28-22-23-35(44-2)36(24-28)45-3/h7-27H,6H2,1-5H3. The molecule has 248 valence electrons. The number of hydrogen-bond donors (Lipinski definition) is 0. The van der Waals surface area contributed by atoms with Crippen LogP contribution in [0.3, 0.4) is 0 Å². The van der Waals surface area contributed by atoms with Crippen molar-refractivity contribution >= 4 is 45.5 Å². The molecule has 0 saturated carbocycles. The monoisotopic (exact) mass is 671 g/mol. The molecule has 1 heterocycles. The molecule has 0 radical (unpaired) electrons. The molecule has 49 heavy (non-hydrogen) atoms. The molecule has 0 bridgehead atoms. The summed E-state index contributed by atoms with van der Waals surface area (Å²) in [5.74, 6) is 3.81. The number of benzene rings is 5. The molecule has 5 aromatic carbocycles. The van der Waals surface area contributed by atoms with Crippen LogP contribution in [0.5, 0.6) is 23.0 Å². The van der Waals surface area contributed by atoms with Crippen LogP contribution >= 0.6 is 6.89 Å². The molecule has 7 nitrogen and oxygen atoms in total. The minimum atomic E-state index is -2.61. The first-order chi connectivity index (χ1) is 24.0. The van der Waals surface area contributed by atoms with Crippen molar-refractivity contribution in [3.05, 3.63) is 133 Å². The highest BCUT2D eigenvalue weighted by molar-refractivity contribution is 7.94. The van der Waals surface area contributed by atoms with Crippen LogP contribution in [0.25, 0.3) is 22.0 Å². The van der Waals surface area contributed by atoms with Crippen molar-refractivity contribution in [3.63, 3.8) is 0 Å². The fourth-order valence-electron chi connectivity index (χ4n) is 6.25. The van der Waals surface area contributed by atoms with Crippen molar-refractivity contribution in [2.75, 3.05) is 35.0 Å². The van der Waals surface area contributed by atoms with E-state index in [0.29, 0.717) is 50.7 Å². The van der Waals surface area contributed by atoms with E-state index in [1.165, 1.54) is 0 Å². The number of hydrogen-bond acceptors (Lipinski definition) is 7. The molecule has 0 unspecified atom stereocenters. The smallest absolute Gasteiger partial charge is 0.340 e. The van der Waals surface area contributed by atoms with E-state index in [0.717, 1.165) is 21.5 Å². The Kier molecular flexibility index (Phi) is 10.0. The van der Waals surface area contributed by atoms with E-state index < -0.39 is 12.9 Å². The number of carbonyl (C=O) groups is 1. The van der Waals surface area contributed by atoms with Gasteiger partial charge in [-0.1, -0.05) is 97.1 Å². The van der Waals surface area contributed by atoms with E-state index in [1.807, 2.05) is 48.5 Å². The molecule has 0 fully saturated rings. The van der Waals surface area contributed by atoms with Crippen molar-refractivity contribution in [3.8, 4) is 34.1 Å². The van der Waals surface area contributed by atoms with Gasteiger partial charge in [0.25, 0.3) is 0 Å². The van der Waals surface area contributed by atoms with Gasteiger partial charge in [0.1, 0.15) is 0 Å². The zero-order chi connectivity index (χ0) is 34.4. The number of carbonyl (C=O) groups excluding carboxylic acids is 1. The molecule has 1 aromatic heterocycles. The minimum absolute atomic E-state index is 0.184. The van der Waals surface area contributed by atoms with Crippen LogP contribution in [0.4, 0.5) is 0 Å². The highest BCUT2D eigenvalue weighted by Gasteiger charge is 2.30. The Morgan fingerprint density at radius 1 is 0.633 bits per heavy atom. The first-order valence-corrected chi connectivity index (χ1v) is 17.8. The lowest BCUT2D eigenvalue weighted by Crippen LogP contribution is -2.28. The van der Waals surface area contributed by atoms with Crippen LogP contribution in [0.1, 0.15) is 23.0 Å². The topological polar surface area (TPSA) is 76.1 Å². The lowest BCUT2D eigenvalue weighted by molar-refractivity contribution is 0.0527. The molecule has 0 aliphatic heterocycles. The molecule has 6 rings (SSSR count). The summed E-state index contributed by atoms with van der Waals surface area (Å²) in [6, 6.07) is 40.6. The molecule has 0 aliphatic rings. The van der Waals surface area contributed by atoms with Crippen LogP contribution in [-0.2, 0) is 4.74 Å². The second-order valence-electron chi connectivity index (χ2n) is 11.1. The van der Waals surface area contributed by atoms with Gasteiger partial charge < -0.3 is 23.7 Å². The molecule has 0 aliphatic carbocycles. The fourth-order valence-corrected chi connectivity index (χ4v) is 10.1. The summed E-state index contributed by atoms with van der Waals surface area (Å²) in [7, 11) is 6.35. The molecule has 0 atom stereocenters. The number of rotatable bonds is 11. The Balaban J connectivity index is 1.87. The van der Waals surface area contributed by atoms with E-state index >= 15 is 0 Å². The predicted molar refractivity (Wildman–Crippen MR) is 200 cm³/mol. The van der Waals surface area contributed by atoms with Gasteiger partial charge in [0, 0.05) is 17.0 Å². The maximum Gasteiger partial charge on any atom is 0.340 e. The highest BCUT2D eigenvalue weighted by Crippen LogP contribution is 2.47. The Bertz CT molecular complexity index is 2050. The van der Waals surface area contributed by atoms with Crippen molar-refractivity contribution < 1.29 is 28.5 Å². The van der Waals surface area contributed by atoms with E-state index in [2.05, 4.69) is 78.6 Å². The minimum Gasteiger partial charge on any atom is -0.493 e. The van der Waals surface area contributed by atoms with Gasteiger partial charge in [-0.2, -0.15) is 0 Å². The number of pyridine rings is 1. The van der Waals surface area contributed by atoms with E-state index in [9.17, 15) is 4.79 Å². The van der Waals surface area contributed by atoms with Crippen molar-refractivity contribution in [2.45, 2.75) is 6.92 Å². The average molecular weight is 672 g/mol. The van der Waals surface area contributed by atoms with Gasteiger partial charge in [-0.25, -0.2) is 9.78 Å². The fraction of sp³-hybridized carbons (Fsp3) is 0.146. The van der Waals surface area contributed by atoms with Gasteiger partial charge in [-0.15, -0.1) is 0 Å². The van der Waals surface area contributed by atoms with Gasteiger partial charge in [0.2, 0.25) is 0 Å². The average Bonchev–Trinajstić information content (AvgIpc) is 3.16. The van der Waals surface area contributed by atoms with Crippen molar-refractivity contribution in [1.82, 2.24) is 4.98 Å². The normalized spacial score (nSPS) is 11.1. The van der Waals surface area contributed by atoms with E-state index in [-0.39, 0.29) is 6.61 Å². The SMILES string of the molecule is CCOC(=O)c1c(C=P(c2ccccc2)(c2ccccc2)c2ccccc2)nc2cc(OC)c(OC)cc2c1-c1ccc(OC)c(OC)c1. The number of methoxy groups -OCH3 is 4. The van der Waals surface area contributed by atoms with E-state index in [1.54, 1.807) is 35.4 Å². The Labute approximate surface area is 287 Å². The summed E-state index contributed by atoms with van der Waals surface area (Å²) in [6.45, 7) is -0.623. The van der Waals surface area contributed by atoms with Crippen molar-refractivity contribution in [2.24, 2.45) is 0 Å². The Morgan fingerprint density at radius 2 is 1.12 bits per heavy atom. The number of esters is 1. The number of ether oxygens (including phenoxy) is 5. The largest absolute Gasteiger partial charge is 0.493 e. The quantitative estimate of drug-likeness (QED) is 0.106. The third-order valence-electron chi connectivity index (χ3n) is 8.48. The van der Waals surface area contributed by atoms with Crippen LogP contribution in [0.2, 0.25) is 0 Å². The van der Waals surface area contributed by atoms with Crippen molar-refractivity contribution in [1.29, 1.82) is 0 Å².